The van der Waals surface area contributed by atoms with Gasteiger partial charge in [0.05, 0.1) is 6.04 Å². The molecule has 2 aliphatic heterocycles. The lowest BCUT2D eigenvalue weighted by molar-refractivity contribution is -0.124. The summed E-state index contributed by atoms with van der Waals surface area (Å²) in [6.45, 7) is 12.3. The number of phenolic OH excluding ortho intramolecular Hbond substituents is 2. The molecule has 192 valence electrons. The first-order valence-corrected chi connectivity index (χ1v) is 12.5. The van der Waals surface area contributed by atoms with Gasteiger partial charge in [-0.2, -0.15) is 0 Å². The molecule has 7 heteroatoms. The molecule has 0 aliphatic carbocycles. The molecule has 1 amide bonds. The Bertz CT molecular complexity index is 1030. The van der Waals surface area contributed by atoms with Gasteiger partial charge in [-0.05, 0) is 77.6 Å². The minimum absolute atomic E-state index is 0. The van der Waals surface area contributed by atoms with E-state index in [-0.39, 0.29) is 41.6 Å². The monoisotopic (exact) mass is 501 g/mol. The predicted molar refractivity (Wildman–Crippen MR) is 142 cm³/mol. The molecule has 4 atom stereocenters. The second kappa shape index (κ2) is 11.2. The summed E-state index contributed by atoms with van der Waals surface area (Å²) in [7, 11) is 0. The molecule has 0 radical (unpaired) electrons. The van der Waals surface area contributed by atoms with E-state index in [0.717, 1.165) is 37.2 Å². The summed E-state index contributed by atoms with van der Waals surface area (Å²) in [5, 5.41) is 26.3. The van der Waals surface area contributed by atoms with Gasteiger partial charge in [0.25, 0.3) is 0 Å². The number of hydrogen-bond donors (Lipinski definition) is 4. The third kappa shape index (κ3) is 6.11. The van der Waals surface area contributed by atoms with Crippen LogP contribution in [-0.2, 0) is 23.2 Å². The van der Waals surface area contributed by atoms with Gasteiger partial charge in [0, 0.05) is 25.7 Å². The zero-order valence-electron chi connectivity index (χ0n) is 21.3. The number of piperidine rings is 1. The van der Waals surface area contributed by atoms with Crippen molar-refractivity contribution in [2.45, 2.75) is 64.6 Å². The van der Waals surface area contributed by atoms with Crippen LogP contribution in [0.3, 0.4) is 0 Å². The van der Waals surface area contributed by atoms with E-state index in [2.05, 4.69) is 49.3 Å². The zero-order chi connectivity index (χ0) is 24.5. The molecule has 6 nitrogen and oxygen atoms in total. The molecule has 2 aliphatic rings. The number of phenols is 2. The van der Waals surface area contributed by atoms with Gasteiger partial charge in [0.15, 0.2) is 0 Å². The summed E-state index contributed by atoms with van der Waals surface area (Å²) >= 11 is 0. The van der Waals surface area contributed by atoms with Crippen molar-refractivity contribution in [3.05, 3.63) is 59.2 Å². The van der Waals surface area contributed by atoms with Crippen molar-refractivity contribution in [3.63, 3.8) is 0 Å². The van der Waals surface area contributed by atoms with E-state index in [4.69, 9.17) is 0 Å². The lowest BCUT2D eigenvalue weighted by atomic mass is 9.68. The van der Waals surface area contributed by atoms with Crippen LogP contribution in [0.5, 0.6) is 11.5 Å². The number of benzene rings is 2. The minimum atomic E-state index is -0.257. The number of aromatic hydroxyl groups is 2. The highest BCUT2D eigenvalue weighted by Gasteiger charge is 2.39. The van der Waals surface area contributed by atoms with Crippen LogP contribution in [0.1, 0.15) is 50.8 Å². The Morgan fingerprint density at radius 3 is 2.60 bits per heavy atom. The van der Waals surface area contributed by atoms with Crippen molar-refractivity contribution in [2.75, 3.05) is 19.6 Å². The molecule has 35 heavy (non-hydrogen) atoms. The van der Waals surface area contributed by atoms with Gasteiger partial charge in [-0.1, -0.05) is 45.9 Å². The average Bonchev–Trinajstić information content (AvgIpc) is 2.80. The van der Waals surface area contributed by atoms with E-state index in [0.29, 0.717) is 30.6 Å². The summed E-state index contributed by atoms with van der Waals surface area (Å²) in [5.41, 5.74) is 3.40. The fraction of sp³-hybridized carbons (Fsp3) is 0.536. The highest BCUT2D eigenvalue weighted by atomic mass is 35.5. The number of carbonyl (C=O) groups is 1. The van der Waals surface area contributed by atoms with Crippen molar-refractivity contribution in [3.8, 4) is 11.5 Å². The Hall–Kier alpha value is -2.28. The van der Waals surface area contributed by atoms with Crippen LogP contribution >= 0.6 is 12.4 Å². The fourth-order valence-electron chi connectivity index (χ4n) is 5.44. The SMILES string of the molecule is CC(C)C(CN1CCC(C)(c2cccc(O)c2)[C@@H](C)C1)NC(=O)C1Cc2ccc(O)cc2CN1.Cl. The number of nitrogens with zero attached hydrogens (tertiary/aromatic N) is 1. The first-order chi connectivity index (χ1) is 16.2. The van der Waals surface area contributed by atoms with Crippen molar-refractivity contribution in [2.24, 2.45) is 11.8 Å². The van der Waals surface area contributed by atoms with E-state index in [1.54, 1.807) is 18.2 Å². The standard InChI is InChI=1S/C28H39N3O3.ClH/c1-18(2)26(30-27(34)25-13-20-8-9-24(33)12-21(20)15-29-25)17-31-11-10-28(4,19(3)16-31)22-6-5-7-23(32)14-22;/h5-9,12,14,18-19,25-26,29,32-33H,10-11,13,15-17H2,1-4H3,(H,30,34);1H/t19-,25?,26?,28?;/m0./s1. The summed E-state index contributed by atoms with van der Waals surface area (Å²) < 4.78 is 0. The molecule has 0 saturated carbocycles. The van der Waals surface area contributed by atoms with Crippen LogP contribution in [0, 0.1) is 11.8 Å². The van der Waals surface area contributed by atoms with Crippen LogP contribution in [-0.4, -0.2) is 52.7 Å². The predicted octanol–water partition coefficient (Wildman–Crippen LogP) is 3.97. The number of fused-ring (bicyclic) bond motifs is 1. The highest BCUT2D eigenvalue weighted by Crippen LogP contribution is 2.40. The maximum absolute atomic E-state index is 13.2. The molecule has 0 aromatic heterocycles. The third-order valence-corrected chi connectivity index (χ3v) is 8.13. The molecule has 0 bridgehead atoms. The number of rotatable bonds is 6. The fourth-order valence-corrected chi connectivity index (χ4v) is 5.44. The minimum Gasteiger partial charge on any atom is -0.508 e. The molecule has 4 rings (SSSR count). The second-order valence-electron chi connectivity index (χ2n) is 10.8. The number of nitrogens with one attached hydrogen (secondary N) is 2. The Morgan fingerprint density at radius 1 is 1.17 bits per heavy atom. The maximum Gasteiger partial charge on any atom is 0.237 e. The number of halogens is 1. The summed E-state index contributed by atoms with van der Waals surface area (Å²) in [6, 6.07) is 12.9. The largest absolute Gasteiger partial charge is 0.508 e. The van der Waals surface area contributed by atoms with E-state index >= 15 is 0 Å². The van der Waals surface area contributed by atoms with Gasteiger partial charge in [0.1, 0.15) is 11.5 Å². The summed E-state index contributed by atoms with van der Waals surface area (Å²) in [6.07, 6.45) is 1.65. The van der Waals surface area contributed by atoms with Crippen LogP contribution in [0.2, 0.25) is 0 Å². The molecule has 2 heterocycles. The normalized spacial score (nSPS) is 25.4. The third-order valence-electron chi connectivity index (χ3n) is 8.13. The first kappa shape index (κ1) is 27.3. The van der Waals surface area contributed by atoms with Gasteiger partial charge < -0.3 is 25.7 Å². The van der Waals surface area contributed by atoms with E-state index in [1.807, 2.05) is 18.2 Å². The molecule has 0 spiro atoms. The second-order valence-corrected chi connectivity index (χ2v) is 10.8. The molecule has 2 aromatic rings. The molecule has 1 fully saturated rings. The quantitative estimate of drug-likeness (QED) is 0.481. The molecule has 3 unspecified atom stereocenters. The van der Waals surface area contributed by atoms with E-state index in [9.17, 15) is 15.0 Å². The van der Waals surface area contributed by atoms with Gasteiger partial charge >= 0.3 is 0 Å². The maximum atomic E-state index is 13.2. The number of amides is 1. The number of likely N-dealkylation sites (tertiary alicyclic amines) is 1. The van der Waals surface area contributed by atoms with Gasteiger partial charge in [-0.3, -0.25) is 4.79 Å². The van der Waals surface area contributed by atoms with E-state index in [1.165, 1.54) is 5.56 Å². The molecular weight excluding hydrogens is 462 g/mol. The van der Waals surface area contributed by atoms with E-state index < -0.39 is 0 Å². The Balaban J connectivity index is 0.00000342. The molecule has 2 aromatic carbocycles. The lowest BCUT2D eigenvalue weighted by Crippen LogP contribution is -2.56. The lowest BCUT2D eigenvalue weighted by Gasteiger charge is -2.46. The number of carbonyl (C=O) groups excluding carboxylic acids is 1. The van der Waals surface area contributed by atoms with Crippen LogP contribution in [0.25, 0.3) is 0 Å². The zero-order valence-corrected chi connectivity index (χ0v) is 22.1. The Labute approximate surface area is 215 Å². The average molecular weight is 502 g/mol. The van der Waals surface area contributed by atoms with Crippen molar-refractivity contribution in [1.82, 2.24) is 15.5 Å². The van der Waals surface area contributed by atoms with Crippen LogP contribution < -0.4 is 10.6 Å². The smallest absolute Gasteiger partial charge is 0.237 e. The Morgan fingerprint density at radius 2 is 1.91 bits per heavy atom. The molecule has 1 saturated heterocycles. The van der Waals surface area contributed by atoms with Crippen molar-refractivity contribution >= 4 is 18.3 Å². The van der Waals surface area contributed by atoms with Crippen LogP contribution in [0.4, 0.5) is 0 Å². The van der Waals surface area contributed by atoms with Gasteiger partial charge in [0.2, 0.25) is 5.91 Å². The molecular formula is C28H40ClN3O3. The van der Waals surface area contributed by atoms with Crippen LogP contribution in [0.15, 0.2) is 42.5 Å². The van der Waals surface area contributed by atoms with Gasteiger partial charge in [-0.15, -0.1) is 12.4 Å². The molecule has 4 N–H and O–H groups in total. The van der Waals surface area contributed by atoms with Gasteiger partial charge in [-0.25, -0.2) is 0 Å². The van der Waals surface area contributed by atoms with Crippen molar-refractivity contribution < 1.29 is 15.0 Å². The highest BCUT2D eigenvalue weighted by molar-refractivity contribution is 5.85. The first-order valence-electron chi connectivity index (χ1n) is 12.5. The summed E-state index contributed by atoms with van der Waals surface area (Å²) in [4.78, 5) is 15.6. The summed E-state index contributed by atoms with van der Waals surface area (Å²) in [5.74, 6) is 1.39. The Kier molecular flexibility index (Phi) is 8.73. The van der Waals surface area contributed by atoms with Crippen molar-refractivity contribution in [1.29, 1.82) is 0 Å². The topological polar surface area (TPSA) is 84.8 Å². The number of hydrogen-bond acceptors (Lipinski definition) is 5.